The first kappa shape index (κ1) is 24.2. The lowest BCUT2D eigenvalue weighted by molar-refractivity contribution is 0.673. The fourth-order valence-electron chi connectivity index (χ4n) is 6.55. The molecule has 0 radical (unpaired) electrons. The zero-order valence-electron chi connectivity index (χ0n) is 23.2. The van der Waals surface area contributed by atoms with Crippen molar-refractivity contribution in [1.29, 1.82) is 0 Å². The summed E-state index contributed by atoms with van der Waals surface area (Å²) in [4.78, 5) is 2.39. The van der Waals surface area contributed by atoms with Crippen molar-refractivity contribution in [3.05, 3.63) is 152 Å². The van der Waals surface area contributed by atoms with Crippen LogP contribution in [0.15, 0.2) is 156 Å². The summed E-state index contributed by atoms with van der Waals surface area (Å²) < 4.78 is 9.11. The number of nitrogens with zero attached hydrogens (tertiary/aromatic N) is 1. The fourth-order valence-corrected chi connectivity index (χ4v) is 7.68. The maximum atomic E-state index is 6.52. The predicted molar refractivity (Wildman–Crippen MR) is 184 cm³/mol. The Bertz CT molecular complexity index is 2470. The van der Waals surface area contributed by atoms with Gasteiger partial charge in [0.2, 0.25) is 0 Å². The van der Waals surface area contributed by atoms with Gasteiger partial charge in [-0.3, -0.25) is 0 Å². The van der Waals surface area contributed by atoms with Gasteiger partial charge in [-0.15, -0.1) is 11.3 Å². The molecule has 0 bridgehead atoms. The van der Waals surface area contributed by atoms with Crippen molar-refractivity contribution in [2.45, 2.75) is 0 Å². The van der Waals surface area contributed by atoms with Gasteiger partial charge >= 0.3 is 0 Å². The fraction of sp³-hybridized carbons (Fsp3) is 0. The minimum Gasteiger partial charge on any atom is -0.455 e. The van der Waals surface area contributed by atoms with Crippen LogP contribution in [0.2, 0.25) is 0 Å². The lowest BCUT2D eigenvalue weighted by Gasteiger charge is -2.27. The first-order chi connectivity index (χ1) is 21.3. The quantitative estimate of drug-likeness (QED) is 0.210. The highest BCUT2D eigenvalue weighted by Gasteiger charge is 2.20. The third-order valence-electron chi connectivity index (χ3n) is 8.44. The highest BCUT2D eigenvalue weighted by molar-refractivity contribution is 7.26. The molecule has 0 aliphatic carbocycles. The first-order valence-electron chi connectivity index (χ1n) is 14.5. The van der Waals surface area contributed by atoms with Gasteiger partial charge in [0.25, 0.3) is 0 Å². The van der Waals surface area contributed by atoms with E-state index in [1.54, 1.807) is 0 Å². The van der Waals surface area contributed by atoms with Crippen molar-refractivity contribution in [3.8, 4) is 11.1 Å². The molecule has 0 atom stereocenters. The molecule has 2 aromatic heterocycles. The number of rotatable bonds is 4. The molecule has 0 amide bonds. The third-order valence-corrected chi connectivity index (χ3v) is 9.57. The summed E-state index contributed by atoms with van der Waals surface area (Å²) in [6.45, 7) is 0. The molecule has 9 aromatic rings. The molecular weight excluding hydrogens is 543 g/mol. The minimum atomic E-state index is 0.906. The van der Waals surface area contributed by atoms with Crippen LogP contribution in [0.25, 0.3) is 64.0 Å². The Hall–Kier alpha value is -5.38. The summed E-state index contributed by atoms with van der Waals surface area (Å²) in [7, 11) is 0. The van der Waals surface area contributed by atoms with Crippen LogP contribution in [0.4, 0.5) is 17.1 Å². The van der Waals surface area contributed by atoms with E-state index in [-0.39, 0.29) is 0 Å². The van der Waals surface area contributed by atoms with Gasteiger partial charge < -0.3 is 9.32 Å². The molecule has 2 heterocycles. The maximum Gasteiger partial charge on any atom is 0.143 e. The molecule has 0 unspecified atom stereocenters. The highest BCUT2D eigenvalue weighted by Crippen LogP contribution is 2.46. The summed E-state index contributed by atoms with van der Waals surface area (Å²) in [6, 6.07) is 54.2. The van der Waals surface area contributed by atoms with Crippen molar-refractivity contribution in [1.82, 2.24) is 0 Å². The molecule has 0 fully saturated rings. The number of thiophene rings is 1. The number of para-hydroxylation sites is 1. The van der Waals surface area contributed by atoms with Crippen molar-refractivity contribution >= 4 is 81.3 Å². The Kier molecular flexibility index (Phi) is 5.40. The minimum absolute atomic E-state index is 0.906. The number of furan rings is 1. The monoisotopic (exact) mass is 567 g/mol. The maximum absolute atomic E-state index is 6.52. The average molecular weight is 568 g/mol. The van der Waals surface area contributed by atoms with Crippen LogP contribution in [-0.4, -0.2) is 0 Å². The standard InChI is InChI=1S/C40H25NOS/c1-2-13-28(14-3-1)41(34-19-10-22-37-39(34)32-17-6-7-21-36(32)43-37)29-15-8-12-27(25-29)30-18-9-20-35-38(30)33-24-23-26-11-4-5-16-31(26)40(33)42-35/h1-25H. The molecule has 0 aliphatic rings. The Labute approximate surface area is 252 Å². The van der Waals surface area contributed by atoms with Gasteiger partial charge in [-0.05, 0) is 71.1 Å². The van der Waals surface area contributed by atoms with Crippen molar-refractivity contribution in [2.24, 2.45) is 0 Å². The number of fused-ring (bicyclic) bond motifs is 8. The zero-order chi connectivity index (χ0) is 28.3. The third kappa shape index (κ3) is 3.79. The van der Waals surface area contributed by atoms with Crippen LogP contribution < -0.4 is 4.90 Å². The molecule has 202 valence electrons. The van der Waals surface area contributed by atoms with Crippen molar-refractivity contribution in [2.75, 3.05) is 4.90 Å². The summed E-state index contributed by atoms with van der Waals surface area (Å²) in [5.41, 5.74) is 7.59. The summed E-state index contributed by atoms with van der Waals surface area (Å²) in [5.74, 6) is 0. The van der Waals surface area contributed by atoms with Gasteiger partial charge in [-0.1, -0.05) is 97.1 Å². The van der Waals surface area contributed by atoms with Crippen LogP contribution in [0.3, 0.4) is 0 Å². The molecule has 9 rings (SSSR count). The number of anilines is 3. The highest BCUT2D eigenvalue weighted by atomic mass is 32.1. The topological polar surface area (TPSA) is 16.4 Å². The van der Waals surface area contributed by atoms with E-state index in [0.29, 0.717) is 0 Å². The first-order valence-corrected chi connectivity index (χ1v) is 15.3. The Morgan fingerprint density at radius 3 is 2.16 bits per heavy atom. The Balaban J connectivity index is 1.29. The van der Waals surface area contributed by atoms with E-state index >= 15 is 0 Å². The van der Waals surface area contributed by atoms with E-state index in [0.717, 1.165) is 44.3 Å². The average Bonchev–Trinajstić information content (AvgIpc) is 3.65. The molecule has 3 heteroatoms. The van der Waals surface area contributed by atoms with E-state index in [9.17, 15) is 0 Å². The second-order valence-corrected chi connectivity index (χ2v) is 12.0. The van der Waals surface area contributed by atoms with Crippen LogP contribution in [0, 0.1) is 0 Å². The molecule has 43 heavy (non-hydrogen) atoms. The normalized spacial score (nSPS) is 11.7. The van der Waals surface area contributed by atoms with Gasteiger partial charge in [0, 0.05) is 47.7 Å². The molecule has 0 spiro atoms. The van der Waals surface area contributed by atoms with E-state index in [2.05, 4.69) is 157 Å². The molecule has 2 nitrogen and oxygen atoms in total. The Morgan fingerprint density at radius 2 is 1.23 bits per heavy atom. The predicted octanol–water partition coefficient (Wildman–Crippen LogP) is 12.2. The SMILES string of the molecule is c1ccc(N(c2cccc(-c3cccc4oc5c6ccccc6ccc5c34)c2)c2cccc3sc4ccccc4c23)cc1. The molecular formula is C40H25NOS. The second kappa shape index (κ2) is 9.59. The van der Waals surface area contributed by atoms with E-state index in [1.807, 2.05) is 11.3 Å². The van der Waals surface area contributed by atoms with E-state index in [1.165, 1.54) is 36.8 Å². The van der Waals surface area contributed by atoms with Gasteiger partial charge in [0.05, 0.1) is 5.69 Å². The summed E-state index contributed by atoms with van der Waals surface area (Å²) in [6.07, 6.45) is 0. The summed E-state index contributed by atoms with van der Waals surface area (Å²) in [5, 5.41) is 7.19. The smallest absolute Gasteiger partial charge is 0.143 e. The second-order valence-electron chi connectivity index (χ2n) is 10.9. The number of hydrogen-bond donors (Lipinski definition) is 0. The molecule has 0 saturated heterocycles. The van der Waals surface area contributed by atoms with Gasteiger partial charge in [0.15, 0.2) is 0 Å². The van der Waals surface area contributed by atoms with Crippen LogP contribution in [0.5, 0.6) is 0 Å². The lowest BCUT2D eigenvalue weighted by Crippen LogP contribution is -2.10. The molecule has 0 aliphatic heterocycles. The van der Waals surface area contributed by atoms with E-state index < -0.39 is 0 Å². The Morgan fingerprint density at radius 1 is 0.488 bits per heavy atom. The van der Waals surface area contributed by atoms with Gasteiger partial charge in [0.1, 0.15) is 11.2 Å². The number of hydrogen-bond acceptors (Lipinski definition) is 3. The van der Waals surface area contributed by atoms with Crippen LogP contribution in [0.1, 0.15) is 0 Å². The zero-order valence-corrected chi connectivity index (χ0v) is 24.0. The van der Waals surface area contributed by atoms with Crippen molar-refractivity contribution in [3.63, 3.8) is 0 Å². The van der Waals surface area contributed by atoms with E-state index in [4.69, 9.17) is 4.42 Å². The molecule has 0 saturated carbocycles. The van der Waals surface area contributed by atoms with Crippen LogP contribution in [-0.2, 0) is 0 Å². The summed E-state index contributed by atoms with van der Waals surface area (Å²) >= 11 is 1.85. The molecule has 0 N–H and O–H groups in total. The van der Waals surface area contributed by atoms with Gasteiger partial charge in [-0.25, -0.2) is 0 Å². The molecule has 7 aromatic carbocycles. The van der Waals surface area contributed by atoms with Gasteiger partial charge in [-0.2, -0.15) is 0 Å². The largest absolute Gasteiger partial charge is 0.455 e. The lowest BCUT2D eigenvalue weighted by atomic mass is 9.97. The van der Waals surface area contributed by atoms with Crippen molar-refractivity contribution < 1.29 is 4.42 Å². The van der Waals surface area contributed by atoms with Crippen LogP contribution >= 0.6 is 11.3 Å². The number of benzene rings is 7.